The van der Waals surface area contributed by atoms with Crippen LogP contribution in [0.3, 0.4) is 0 Å². The van der Waals surface area contributed by atoms with Crippen molar-refractivity contribution in [1.82, 2.24) is 20.6 Å². The van der Waals surface area contributed by atoms with Crippen LogP contribution in [-0.4, -0.2) is 21.6 Å². The number of halogens is 3. The molecule has 1 aromatic heterocycles. The first-order valence-corrected chi connectivity index (χ1v) is 10.9. The van der Waals surface area contributed by atoms with Crippen LogP contribution in [0.15, 0.2) is 60.6 Å². The van der Waals surface area contributed by atoms with Gasteiger partial charge in [-0.3, -0.25) is 24.6 Å². The van der Waals surface area contributed by atoms with E-state index in [-0.39, 0.29) is 23.6 Å². The molecule has 0 bridgehead atoms. The molecule has 0 fully saturated rings. The number of hydrogen-bond donors (Lipinski definition) is 2. The molecule has 3 aromatic rings. The Labute approximate surface area is 200 Å². The molecule has 0 radical (unpaired) electrons. The quantitative estimate of drug-likeness (QED) is 0.396. The van der Waals surface area contributed by atoms with Gasteiger partial charge in [0.25, 0.3) is 5.91 Å². The van der Waals surface area contributed by atoms with Gasteiger partial charge in [-0.25, -0.2) is 0 Å². The van der Waals surface area contributed by atoms with Crippen molar-refractivity contribution in [3.8, 4) is 0 Å². The minimum Gasteiger partial charge on any atom is -0.302 e. The molecule has 2 amide bonds. The number of nitrogens with zero attached hydrogens (tertiary/aromatic N) is 3. The Morgan fingerprint density at radius 3 is 2.40 bits per heavy atom. The summed E-state index contributed by atoms with van der Waals surface area (Å²) >= 11 is 0. The molecule has 1 aliphatic heterocycles. The Balaban J connectivity index is 1.66. The summed E-state index contributed by atoms with van der Waals surface area (Å²) in [4.78, 5) is 27.1. The van der Waals surface area contributed by atoms with Crippen molar-refractivity contribution >= 4 is 28.8 Å². The minimum absolute atomic E-state index is 0.135. The molecule has 1 aliphatic rings. The molecular formula is C25H24F3N5O2. The Morgan fingerprint density at radius 2 is 1.77 bits per heavy atom. The van der Waals surface area contributed by atoms with Gasteiger partial charge in [-0.05, 0) is 62.2 Å². The maximum atomic E-state index is 13.5. The van der Waals surface area contributed by atoms with E-state index in [1.165, 1.54) is 11.0 Å². The molecule has 0 saturated carbocycles. The zero-order chi connectivity index (χ0) is 25.3. The van der Waals surface area contributed by atoms with Crippen molar-refractivity contribution in [3.63, 3.8) is 0 Å². The first-order valence-electron chi connectivity index (χ1n) is 10.9. The summed E-state index contributed by atoms with van der Waals surface area (Å²) in [5, 5.41) is 4.03. The highest BCUT2D eigenvalue weighted by atomic mass is 19.4. The molecule has 0 spiro atoms. The van der Waals surface area contributed by atoms with Crippen molar-refractivity contribution in [3.05, 3.63) is 82.8 Å². The van der Waals surface area contributed by atoms with Crippen molar-refractivity contribution in [2.45, 2.75) is 39.9 Å². The summed E-state index contributed by atoms with van der Waals surface area (Å²) in [6.07, 6.45) is -1.07. The van der Waals surface area contributed by atoms with Crippen LogP contribution >= 0.6 is 0 Å². The summed E-state index contributed by atoms with van der Waals surface area (Å²) < 4.78 is 42.0. The molecule has 2 N–H and O–H groups in total. The van der Waals surface area contributed by atoms with Crippen molar-refractivity contribution in [2.24, 2.45) is 0 Å². The number of hydrogen-bond acceptors (Lipinski definition) is 4. The normalized spacial score (nSPS) is 14.7. The van der Waals surface area contributed by atoms with Gasteiger partial charge in [0.2, 0.25) is 5.91 Å². The molecule has 10 heteroatoms. The highest BCUT2D eigenvalue weighted by Crippen LogP contribution is 2.45. The third kappa shape index (κ3) is 5.06. The third-order valence-electron chi connectivity index (χ3n) is 5.61. The summed E-state index contributed by atoms with van der Waals surface area (Å²) in [5.74, 6) is -0.815. The number of aromatic nitrogens is 2. The minimum atomic E-state index is -4.56. The summed E-state index contributed by atoms with van der Waals surface area (Å²) in [6.45, 7) is 5.67. The molecule has 7 nitrogen and oxygen atoms in total. The van der Waals surface area contributed by atoms with Crippen LogP contribution in [0.1, 0.15) is 35.6 Å². The second-order valence-corrected chi connectivity index (χ2v) is 8.41. The predicted octanol–water partition coefficient (Wildman–Crippen LogP) is 4.64. The molecular weight excluding hydrogens is 459 g/mol. The van der Waals surface area contributed by atoms with E-state index in [1.807, 2.05) is 19.9 Å². The number of aryl methyl sites for hydroxylation is 3. The molecule has 0 unspecified atom stereocenters. The SMILES string of the molecule is C/C(NNC(=O)CCn1cccn1)=C1/C(=O)N(c2cc(C)cc(C)c2)c2cc(C(F)(F)F)ccc21. The Bertz CT molecular complexity index is 1290. The number of fused-ring (bicyclic) bond motifs is 1. The average molecular weight is 483 g/mol. The number of hydrazine groups is 1. The van der Waals surface area contributed by atoms with Gasteiger partial charge in [0.05, 0.1) is 16.8 Å². The maximum absolute atomic E-state index is 13.5. The molecule has 0 saturated heterocycles. The van der Waals surface area contributed by atoms with Crippen LogP contribution in [0.4, 0.5) is 24.5 Å². The van der Waals surface area contributed by atoms with Gasteiger partial charge in [-0.2, -0.15) is 18.3 Å². The predicted molar refractivity (Wildman–Crippen MR) is 125 cm³/mol. The van der Waals surface area contributed by atoms with Gasteiger partial charge in [0, 0.05) is 42.3 Å². The van der Waals surface area contributed by atoms with E-state index >= 15 is 0 Å². The second kappa shape index (κ2) is 9.28. The smallest absolute Gasteiger partial charge is 0.302 e. The van der Waals surface area contributed by atoms with Crippen molar-refractivity contribution in [2.75, 3.05) is 4.90 Å². The third-order valence-corrected chi connectivity index (χ3v) is 5.61. The number of benzene rings is 2. The highest BCUT2D eigenvalue weighted by Gasteiger charge is 2.39. The largest absolute Gasteiger partial charge is 0.416 e. The van der Waals surface area contributed by atoms with Gasteiger partial charge < -0.3 is 5.43 Å². The van der Waals surface area contributed by atoms with E-state index in [4.69, 9.17) is 0 Å². The zero-order valence-electron chi connectivity index (χ0n) is 19.4. The Morgan fingerprint density at radius 1 is 1.06 bits per heavy atom. The van der Waals surface area contributed by atoms with E-state index in [1.54, 1.807) is 42.2 Å². The molecule has 2 heterocycles. The summed E-state index contributed by atoms with van der Waals surface area (Å²) in [7, 11) is 0. The molecule has 35 heavy (non-hydrogen) atoms. The lowest BCUT2D eigenvalue weighted by molar-refractivity contribution is -0.137. The number of carbonyl (C=O) groups excluding carboxylic acids is 2. The van der Waals surface area contributed by atoms with Gasteiger partial charge in [-0.1, -0.05) is 12.1 Å². The standard InChI is InChI=1S/C25H24F3N5O2/c1-15-11-16(2)13-19(12-15)33-21-14-18(25(26,27)28)5-6-20(21)23(24(33)35)17(3)30-31-22(34)7-10-32-9-4-8-29-32/h4-6,8-9,11-14,30H,7,10H2,1-3H3,(H,31,34)/b23-17-. The first-order chi connectivity index (χ1) is 16.5. The van der Waals surface area contributed by atoms with Crippen LogP contribution in [0.2, 0.25) is 0 Å². The first kappa shape index (κ1) is 24.1. The fourth-order valence-corrected chi connectivity index (χ4v) is 4.08. The van der Waals surface area contributed by atoms with Crippen LogP contribution < -0.4 is 15.8 Å². The molecule has 182 valence electrons. The van der Waals surface area contributed by atoms with E-state index < -0.39 is 17.6 Å². The van der Waals surface area contributed by atoms with E-state index in [0.29, 0.717) is 23.5 Å². The number of carbonyl (C=O) groups is 2. The molecule has 0 aliphatic carbocycles. The second-order valence-electron chi connectivity index (χ2n) is 8.41. The molecule has 2 aromatic carbocycles. The zero-order valence-corrected chi connectivity index (χ0v) is 19.4. The van der Waals surface area contributed by atoms with E-state index in [9.17, 15) is 22.8 Å². The topological polar surface area (TPSA) is 79.3 Å². The van der Waals surface area contributed by atoms with Crippen LogP contribution in [-0.2, 0) is 22.3 Å². The lowest BCUT2D eigenvalue weighted by atomic mass is 10.0. The number of anilines is 2. The Hall–Kier alpha value is -4.08. The van der Waals surface area contributed by atoms with Crippen molar-refractivity contribution < 1.29 is 22.8 Å². The number of allylic oxidation sites excluding steroid dienone is 1. The van der Waals surface area contributed by atoms with E-state index in [2.05, 4.69) is 16.0 Å². The highest BCUT2D eigenvalue weighted by molar-refractivity contribution is 6.35. The Kier molecular flexibility index (Phi) is 6.38. The van der Waals surface area contributed by atoms with Gasteiger partial charge in [0.15, 0.2) is 0 Å². The fourth-order valence-electron chi connectivity index (χ4n) is 4.08. The van der Waals surface area contributed by atoms with Crippen LogP contribution in [0.5, 0.6) is 0 Å². The van der Waals surface area contributed by atoms with E-state index in [0.717, 1.165) is 23.3 Å². The maximum Gasteiger partial charge on any atom is 0.416 e. The number of rotatable bonds is 6. The lowest BCUT2D eigenvalue weighted by Gasteiger charge is -2.20. The van der Waals surface area contributed by atoms with Gasteiger partial charge in [-0.15, -0.1) is 0 Å². The number of nitrogens with one attached hydrogen (secondary N) is 2. The van der Waals surface area contributed by atoms with Gasteiger partial charge >= 0.3 is 6.18 Å². The fraction of sp³-hybridized carbons (Fsp3) is 0.240. The average Bonchev–Trinajstić information content (AvgIpc) is 3.39. The molecule has 0 atom stereocenters. The monoisotopic (exact) mass is 483 g/mol. The number of amides is 2. The lowest BCUT2D eigenvalue weighted by Crippen LogP contribution is -2.37. The summed E-state index contributed by atoms with van der Waals surface area (Å²) in [5.41, 5.74) is 7.63. The van der Waals surface area contributed by atoms with Gasteiger partial charge in [0.1, 0.15) is 0 Å². The van der Waals surface area contributed by atoms with Crippen molar-refractivity contribution in [1.29, 1.82) is 0 Å². The molecule has 4 rings (SSSR count). The number of alkyl halides is 3. The summed E-state index contributed by atoms with van der Waals surface area (Å²) in [6, 6.07) is 10.4. The van der Waals surface area contributed by atoms with Crippen LogP contribution in [0.25, 0.3) is 5.57 Å². The van der Waals surface area contributed by atoms with Crippen LogP contribution in [0, 0.1) is 13.8 Å².